The summed E-state index contributed by atoms with van der Waals surface area (Å²) in [5.41, 5.74) is 3.11. The third kappa shape index (κ3) is 2.23. The van der Waals surface area contributed by atoms with Gasteiger partial charge in [-0.1, -0.05) is 78.9 Å². The number of carboxylic acid groups (broad SMARTS) is 1. The van der Waals surface area contributed by atoms with Crippen LogP contribution >= 0.6 is 0 Å². The lowest BCUT2D eigenvalue weighted by Crippen LogP contribution is -1.99. The van der Waals surface area contributed by atoms with Gasteiger partial charge in [0, 0.05) is 0 Å². The summed E-state index contributed by atoms with van der Waals surface area (Å²) in [6.45, 7) is 0. The molecule has 0 amide bonds. The number of hydrogen-bond acceptors (Lipinski definition) is 1. The predicted molar refractivity (Wildman–Crippen MR) is 107 cm³/mol. The van der Waals surface area contributed by atoms with Crippen molar-refractivity contribution in [1.82, 2.24) is 0 Å². The van der Waals surface area contributed by atoms with Crippen molar-refractivity contribution < 1.29 is 9.90 Å². The van der Waals surface area contributed by atoms with Gasteiger partial charge in [-0.05, 0) is 49.0 Å². The Kier molecular flexibility index (Phi) is 3.19. The van der Waals surface area contributed by atoms with Crippen molar-refractivity contribution in [3.8, 4) is 11.1 Å². The van der Waals surface area contributed by atoms with Crippen LogP contribution in [0.1, 0.15) is 5.56 Å². The van der Waals surface area contributed by atoms with E-state index in [1.807, 2.05) is 24.3 Å². The first kappa shape index (κ1) is 14.9. The van der Waals surface area contributed by atoms with Crippen LogP contribution in [0, 0.1) is 0 Å². The van der Waals surface area contributed by atoms with Crippen molar-refractivity contribution in [2.45, 2.75) is 6.42 Å². The molecule has 0 aliphatic rings. The Morgan fingerprint density at radius 1 is 0.692 bits per heavy atom. The van der Waals surface area contributed by atoms with Gasteiger partial charge in [0.1, 0.15) is 0 Å². The Bertz CT molecular complexity index is 1250. The largest absolute Gasteiger partial charge is 0.481 e. The number of benzene rings is 5. The van der Waals surface area contributed by atoms with E-state index in [1.54, 1.807) is 0 Å². The van der Waals surface area contributed by atoms with Gasteiger partial charge in [0.2, 0.25) is 0 Å². The SMILES string of the molecule is O=C(O)Cc1ccc(-c2ccc3ccc4cccc5ccc2c3c45)cc1. The van der Waals surface area contributed by atoms with E-state index in [-0.39, 0.29) is 6.42 Å². The first-order chi connectivity index (χ1) is 12.7. The average Bonchev–Trinajstić information content (AvgIpc) is 2.66. The number of hydrogen-bond donors (Lipinski definition) is 1. The molecule has 0 bridgehead atoms. The van der Waals surface area contributed by atoms with Crippen molar-refractivity contribution in [2.24, 2.45) is 0 Å². The maximum atomic E-state index is 10.9. The monoisotopic (exact) mass is 336 g/mol. The zero-order chi connectivity index (χ0) is 17.7. The molecule has 0 aromatic heterocycles. The number of carboxylic acids is 1. The zero-order valence-corrected chi connectivity index (χ0v) is 14.1. The molecule has 124 valence electrons. The van der Waals surface area contributed by atoms with Crippen molar-refractivity contribution in [3.63, 3.8) is 0 Å². The first-order valence-electron chi connectivity index (χ1n) is 8.68. The molecule has 0 fully saturated rings. The third-order valence-corrected chi connectivity index (χ3v) is 5.15. The van der Waals surface area contributed by atoms with E-state index in [9.17, 15) is 4.79 Å². The molecule has 0 atom stereocenters. The number of carbonyl (C=O) groups is 1. The smallest absolute Gasteiger partial charge is 0.307 e. The molecule has 0 saturated carbocycles. The Balaban J connectivity index is 1.77. The second kappa shape index (κ2) is 5.57. The Labute approximate surface area is 150 Å². The van der Waals surface area contributed by atoms with Gasteiger partial charge in [-0.25, -0.2) is 0 Å². The van der Waals surface area contributed by atoms with Crippen LogP contribution in [0.25, 0.3) is 43.4 Å². The summed E-state index contributed by atoms with van der Waals surface area (Å²) in [6.07, 6.45) is 0.0543. The summed E-state index contributed by atoms with van der Waals surface area (Å²) in [5.74, 6) is -0.805. The van der Waals surface area contributed by atoms with E-state index >= 15 is 0 Å². The van der Waals surface area contributed by atoms with Crippen molar-refractivity contribution >= 4 is 38.3 Å². The minimum absolute atomic E-state index is 0.0543. The second-order valence-corrected chi connectivity index (χ2v) is 6.74. The fourth-order valence-corrected chi connectivity index (χ4v) is 3.96. The molecule has 0 radical (unpaired) electrons. The maximum Gasteiger partial charge on any atom is 0.307 e. The number of aliphatic carboxylic acids is 1. The third-order valence-electron chi connectivity index (χ3n) is 5.15. The molecule has 0 heterocycles. The Hall–Kier alpha value is -3.39. The van der Waals surface area contributed by atoms with E-state index < -0.39 is 5.97 Å². The molecule has 0 unspecified atom stereocenters. The molecule has 0 spiro atoms. The van der Waals surface area contributed by atoms with E-state index in [4.69, 9.17) is 5.11 Å². The summed E-state index contributed by atoms with van der Waals surface area (Å²) < 4.78 is 0. The lowest BCUT2D eigenvalue weighted by molar-refractivity contribution is -0.136. The average molecular weight is 336 g/mol. The van der Waals surface area contributed by atoms with E-state index in [2.05, 4.69) is 54.6 Å². The summed E-state index contributed by atoms with van der Waals surface area (Å²) in [5, 5.41) is 16.6. The van der Waals surface area contributed by atoms with E-state index in [1.165, 1.54) is 37.9 Å². The Morgan fingerprint density at radius 3 is 2.00 bits per heavy atom. The molecule has 5 rings (SSSR count). The lowest BCUT2D eigenvalue weighted by atomic mass is 9.89. The summed E-state index contributed by atoms with van der Waals surface area (Å²) in [4.78, 5) is 10.9. The van der Waals surface area contributed by atoms with Crippen LogP contribution in [-0.2, 0) is 11.2 Å². The van der Waals surface area contributed by atoms with E-state index in [0.29, 0.717) is 0 Å². The van der Waals surface area contributed by atoms with Crippen molar-refractivity contribution in [3.05, 3.63) is 84.4 Å². The zero-order valence-electron chi connectivity index (χ0n) is 14.1. The minimum atomic E-state index is -0.805. The molecule has 5 aromatic carbocycles. The van der Waals surface area contributed by atoms with Gasteiger partial charge in [-0.2, -0.15) is 0 Å². The topological polar surface area (TPSA) is 37.3 Å². The van der Waals surface area contributed by atoms with Gasteiger partial charge in [0.15, 0.2) is 0 Å². The minimum Gasteiger partial charge on any atom is -0.481 e. The van der Waals surface area contributed by atoms with Gasteiger partial charge in [-0.3, -0.25) is 4.79 Å². The molecule has 5 aromatic rings. The molecule has 2 heteroatoms. The van der Waals surface area contributed by atoms with Crippen LogP contribution in [0.3, 0.4) is 0 Å². The van der Waals surface area contributed by atoms with Crippen LogP contribution in [0.15, 0.2) is 78.9 Å². The van der Waals surface area contributed by atoms with Gasteiger partial charge < -0.3 is 5.11 Å². The lowest BCUT2D eigenvalue weighted by Gasteiger charge is -2.14. The molecule has 0 aliphatic heterocycles. The molecule has 1 N–H and O–H groups in total. The van der Waals surface area contributed by atoms with Crippen LogP contribution in [0.5, 0.6) is 0 Å². The fraction of sp³-hybridized carbons (Fsp3) is 0.0417. The fourth-order valence-electron chi connectivity index (χ4n) is 3.96. The molecular formula is C24H16O2. The maximum absolute atomic E-state index is 10.9. The standard InChI is InChI=1S/C24H16O2/c25-22(26)14-15-4-6-16(7-5-15)20-12-10-19-9-8-17-2-1-3-18-11-13-21(20)24(19)23(17)18/h1-13H,14H2,(H,25,26). The van der Waals surface area contributed by atoms with Crippen LogP contribution in [0.2, 0.25) is 0 Å². The molecule has 0 saturated heterocycles. The van der Waals surface area contributed by atoms with Gasteiger partial charge in [0.05, 0.1) is 6.42 Å². The Morgan fingerprint density at radius 2 is 1.31 bits per heavy atom. The highest BCUT2D eigenvalue weighted by Crippen LogP contribution is 2.39. The molecule has 26 heavy (non-hydrogen) atoms. The highest BCUT2D eigenvalue weighted by molar-refractivity contribution is 6.25. The summed E-state index contributed by atoms with van der Waals surface area (Å²) in [7, 11) is 0. The summed E-state index contributed by atoms with van der Waals surface area (Å²) in [6, 6.07) is 27.4. The van der Waals surface area contributed by atoms with Crippen LogP contribution in [0.4, 0.5) is 0 Å². The first-order valence-corrected chi connectivity index (χ1v) is 8.68. The highest BCUT2D eigenvalue weighted by Gasteiger charge is 2.11. The van der Waals surface area contributed by atoms with Crippen molar-refractivity contribution in [1.29, 1.82) is 0 Å². The van der Waals surface area contributed by atoms with Crippen LogP contribution < -0.4 is 0 Å². The molecule has 0 aliphatic carbocycles. The predicted octanol–water partition coefficient (Wildman–Crippen LogP) is 5.88. The van der Waals surface area contributed by atoms with Crippen molar-refractivity contribution in [2.75, 3.05) is 0 Å². The molecular weight excluding hydrogens is 320 g/mol. The van der Waals surface area contributed by atoms with Gasteiger partial charge in [0.25, 0.3) is 0 Å². The van der Waals surface area contributed by atoms with Gasteiger partial charge in [-0.15, -0.1) is 0 Å². The van der Waals surface area contributed by atoms with Gasteiger partial charge >= 0.3 is 5.97 Å². The number of rotatable bonds is 3. The second-order valence-electron chi connectivity index (χ2n) is 6.74. The normalized spacial score (nSPS) is 11.5. The molecule has 2 nitrogen and oxygen atoms in total. The highest BCUT2D eigenvalue weighted by atomic mass is 16.4. The van der Waals surface area contributed by atoms with Crippen LogP contribution in [-0.4, -0.2) is 11.1 Å². The summed E-state index contributed by atoms with van der Waals surface area (Å²) >= 11 is 0. The quantitative estimate of drug-likeness (QED) is 0.418. The van der Waals surface area contributed by atoms with E-state index in [0.717, 1.165) is 11.1 Å².